The predicted octanol–water partition coefficient (Wildman–Crippen LogP) is 1.45. The fraction of sp³-hybridized carbons (Fsp3) is 0.789. The third-order valence-electron chi connectivity index (χ3n) is 5.32. The van der Waals surface area contributed by atoms with Crippen molar-refractivity contribution in [3.63, 3.8) is 0 Å². The molecule has 2 N–H and O–H groups in total. The number of aromatic nitrogens is 2. The highest BCUT2D eigenvalue weighted by Gasteiger charge is 2.28. The molecular formula is C19H37N7. The van der Waals surface area contributed by atoms with E-state index in [4.69, 9.17) is 0 Å². The van der Waals surface area contributed by atoms with Crippen molar-refractivity contribution in [3.05, 3.63) is 18.0 Å². The molecule has 1 aliphatic heterocycles. The van der Waals surface area contributed by atoms with E-state index in [-0.39, 0.29) is 11.6 Å². The molecule has 1 unspecified atom stereocenters. The van der Waals surface area contributed by atoms with Gasteiger partial charge in [0, 0.05) is 44.5 Å². The summed E-state index contributed by atoms with van der Waals surface area (Å²) in [6.45, 7) is 8.69. The Morgan fingerprint density at radius 2 is 1.96 bits per heavy atom. The summed E-state index contributed by atoms with van der Waals surface area (Å²) in [5.74, 6) is 0.853. The Bertz CT molecular complexity index is 570. The van der Waals surface area contributed by atoms with Crippen molar-refractivity contribution in [2.75, 3.05) is 47.3 Å². The number of likely N-dealkylation sites (N-methyl/N-ethyl adjacent to an activating group) is 1. The fourth-order valence-electron chi connectivity index (χ4n) is 3.54. The smallest absolute Gasteiger partial charge is 0.191 e. The van der Waals surface area contributed by atoms with Gasteiger partial charge in [-0.2, -0.15) is 5.10 Å². The van der Waals surface area contributed by atoms with E-state index in [1.54, 1.807) is 0 Å². The van der Waals surface area contributed by atoms with E-state index >= 15 is 0 Å². The molecule has 2 rings (SSSR count). The zero-order chi connectivity index (χ0) is 19.2. The number of guanidine groups is 1. The zero-order valence-electron chi connectivity index (χ0n) is 17.4. The van der Waals surface area contributed by atoms with E-state index in [9.17, 15) is 0 Å². The molecule has 1 fully saturated rings. The SMILES string of the molecule is CN=C(NCC(c1cnn(C)c1)N(C)C)NCC(C)(C)N1CCCCC1. The van der Waals surface area contributed by atoms with Crippen molar-refractivity contribution < 1.29 is 0 Å². The number of likely N-dealkylation sites (tertiary alicyclic amines) is 1. The first-order chi connectivity index (χ1) is 12.3. The van der Waals surface area contributed by atoms with Gasteiger partial charge < -0.3 is 15.5 Å². The van der Waals surface area contributed by atoms with Crippen LogP contribution in [0.4, 0.5) is 0 Å². The van der Waals surface area contributed by atoms with Crippen molar-refractivity contribution in [2.24, 2.45) is 12.0 Å². The van der Waals surface area contributed by atoms with Crippen molar-refractivity contribution in [2.45, 2.75) is 44.7 Å². The lowest BCUT2D eigenvalue weighted by Crippen LogP contribution is -2.55. The normalized spacial score (nSPS) is 18.2. The van der Waals surface area contributed by atoms with Crippen molar-refractivity contribution in [3.8, 4) is 0 Å². The molecule has 0 aromatic carbocycles. The van der Waals surface area contributed by atoms with E-state index in [0.29, 0.717) is 0 Å². The molecule has 2 heterocycles. The topological polar surface area (TPSA) is 60.7 Å². The minimum atomic E-state index is 0.127. The summed E-state index contributed by atoms with van der Waals surface area (Å²) in [7, 11) is 7.97. The first-order valence-electron chi connectivity index (χ1n) is 9.68. The van der Waals surface area contributed by atoms with Crippen LogP contribution in [0.1, 0.15) is 44.7 Å². The Kier molecular flexibility index (Phi) is 7.46. The second-order valence-electron chi connectivity index (χ2n) is 8.09. The van der Waals surface area contributed by atoms with E-state index in [2.05, 4.69) is 64.7 Å². The molecule has 0 amide bonds. The molecule has 1 aromatic rings. The van der Waals surface area contributed by atoms with Crippen LogP contribution in [-0.2, 0) is 7.05 Å². The summed E-state index contributed by atoms with van der Waals surface area (Å²) in [6.07, 6.45) is 7.99. The highest BCUT2D eigenvalue weighted by molar-refractivity contribution is 5.79. The summed E-state index contributed by atoms with van der Waals surface area (Å²) in [5, 5.41) is 11.3. The number of piperidine rings is 1. The van der Waals surface area contributed by atoms with Crippen LogP contribution in [0.3, 0.4) is 0 Å². The van der Waals surface area contributed by atoms with Gasteiger partial charge in [-0.1, -0.05) is 6.42 Å². The number of nitrogens with one attached hydrogen (secondary N) is 2. The molecule has 1 atom stereocenters. The molecule has 1 aliphatic rings. The van der Waals surface area contributed by atoms with Crippen LogP contribution in [0.2, 0.25) is 0 Å². The van der Waals surface area contributed by atoms with Gasteiger partial charge in [0.1, 0.15) is 0 Å². The Morgan fingerprint density at radius 3 is 2.50 bits per heavy atom. The maximum atomic E-state index is 4.40. The molecule has 7 heteroatoms. The zero-order valence-corrected chi connectivity index (χ0v) is 17.4. The number of hydrogen-bond donors (Lipinski definition) is 2. The lowest BCUT2D eigenvalue weighted by molar-refractivity contribution is 0.0982. The van der Waals surface area contributed by atoms with Gasteiger partial charge in [0.2, 0.25) is 0 Å². The Morgan fingerprint density at radius 1 is 1.27 bits per heavy atom. The summed E-state index contributed by atoms with van der Waals surface area (Å²) in [4.78, 5) is 9.20. The van der Waals surface area contributed by atoms with Gasteiger partial charge in [0.15, 0.2) is 5.96 Å². The van der Waals surface area contributed by atoms with E-state index in [1.165, 1.54) is 37.9 Å². The number of nitrogens with zero attached hydrogens (tertiary/aromatic N) is 5. The monoisotopic (exact) mass is 363 g/mol. The summed E-state index contributed by atoms with van der Waals surface area (Å²) in [5.41, 5.74) is 1.33. The second kappa shape index (κ2) is 9.37. The molecule has 0 radical (unpaired) electrons. The van der Waals surface area contributed by atoms with Crippen LogP contribution in [-0.4, -0.2) is 78.4 Å². The average Bonchev–Trinajstić information content (AvgIpc) is 3.04. The third-order valence-corrected chi connectivity index (χ3v) is 5.32. The van der Waals surface area contributed by atoms with Gasteiger partial charge in [-0.3, -0.25) is 14.6 Å². The number of hydrogen-bond acceptors (Lipinski definition) is 4. The largest absolute Gasteiger partial charge is 0.355 e. The second-order valence-corrected chi connectivity index (χ2v) is 8.09. The predicted molar refractivity (Wildman–Crippen MR) is 109 cm³/mol. The minimum absolute atomic E-state index is 0.127. The Balaban J connectivity index is 1.88. The highest BCUT2D eigenvalue weighted by atomic mass is 15.3. The fourth-order valence-corrected chi connectivity index (χ4v) is 3.54. The van der Waals surface area contributed by atoms with Gasteiger partial charge in [0.05, 0.1) is 12.2 Å². The molecule has 0 bridgehead atoms. The lowest BCUT2D eigenvalue weighted by atomic mass is 9.98. The van der Waals surface area contributed by atoms with Crippen molar-refractivity contribution >= 4 is 5.96 Å². The van der Waals surface area contributed by atoms with Gasteiger partial charge >= 0.3 is 0 Å². The summed E-state index contributed by atoms with van der Waals surface area (Å²) < 4.78 is 1.85. The van der Waals surface area contributed by atoms with Crippen LogP contribution in [0, 0.1) is 0 Å². The molecule has 26 heavy (non-hydrogen) atoms. The third kappa shape index (κ3) is 5.71. The van der Waals surface area contributed by atoms with Crippen LogP contribution in [0.25, 0.3) is 0 Å². The molecular weight excluding hydrogens is 326 g/mol. The van der Waals surface area contributed by atoms with Gasteiger partial charge in [-0.15, -0.1) is 0 Å². The van der Waals surface area contributed by atoms with Gasteiger partial charge in [-0.05, 0) is 53.9 Å². The van der Waals surface area contributed by atoms with Crippen LogP contribution in [0.5, 0.6) is 0 Å². The molecule has 1 saturated heterocycles. The van der Waals surface area contributed by atoms with Gasteiger partial charge in [0.25, 0.3) is 0 Å². The van der Waals surface area contributed by atoms with E-state index in [0.717, 1.165) is 19.0 Å². The first-order valence-corrected chi connectivity index (χ1v) is 9.68. The number of rotatable bonds is 7. The summed E-state index contributed by atoms with van der Waals surface area (Å²) >= 11 is 0. The number of aliphatic imine (C=N–C) groups is 1. The Hall–Kier alpha value is -1.60. The van der Waals surface area contributed by atoms with E-state index in [1.807, 2.05) is 25.0 Å². The maximum absolute atomic E-state index is 4.40. The molecule has 0 saturated carbocycles. The van der Waals surface area contributed by atoms with Crippen LogP contribution < -0.4 is 10.6 Å². The lowest BCUT2D eigenvalue weighted by Gasteiger charge is -2.41. The first kappa shape index (κ1) is 20.7. The Labute approximate surface area is 158 Å². The van der Waals surface area contributed by atoms with Crippen LogP contribution in [0.15, 0.2) is 17.4 Å². The molecule has 148 valence electrons. The maximum Gasteiger partial charge on any atom is 0.191 e. The highest BCUT2D eigenvalue weighted by Crippen LogP contribution is 2.20. The summed E-state index contributed by atoms with van der Waals surface area (Å²) in [6, 6.07) is 0.248. The molecule has 1 aromatic heterocycles. The minimum Gasteiger partial charge on any atom is -0.355 e. The number of aryl methyl sites for hydroxylation is 1. The molecule has 7 nitrogen and oxygen atoms in total. The molecule has 0 spiro atoms. The van der Waals surface area contributed by atoms with Crippen molar-refractivity contribution in [1.29, 1.82) is 0 Å². The quantitative estimate of drug-likeness (QED) is 0.567. The van der Waals surface area contributed by atoms with E-state index < -0.39 is 0 Å². The van der Waals surface area contributed by atoms with Gasteiger partial charge in [-0.25, -0.2) is 0 Å². The standard InChI is InChI=1S/C19H37N7/c1-19(2,26-10-8-7-9-11-26)15-22-18(20-3)21-13-17(24(4)5)16-12-23-25(6)14-16/h12,14,17H,7-11,13,15H2,1-6H3,(H2,20,21,22). The van der Waals surface area contributed by atoms with Crippen LogP contribution >= 0.6 is 0 Å². The average molecular weight is 364 g/mol. The van der Waals surface area contributed by atoms with Crippen molar-refractivity contribution in [1.82, 2.24) is 30.2 Å². The molecule has 0 aliphatic carbocycles.